The van der Waals surface area contributed by atoms with Crippen molar-refractivity contribution in [2.45, 2.75) is 38.1 Å². The molecule has 0 saturated carbocycles. The van der Waals surface area contributed by atoms with Crippen LogP contribution in [0, 0.1) is 5.92 Å². The van der Waals surface area contributed by atoms with E-state index in [1.54, 1.807) is 0 Å². The number of halogens is 1. The lowest BCUT2D eigenvalue weighted by Crippen LogP contribution is -2.50. The highest BCUT2D eigenvalue weighted by Gasteiger charge is 2.27. The first kappa shape index (κ1) is 18.2. The van der Waals surface area contributed by atoms with E-state index in [0.717, 1.165) is 38.8 Å². The molecular formula is C14H26ClN3O3. The molecule has 2 aliphatic rings. The third-order valence-corrected chi connectivity index (χ3v) is 4.20. The van der Waals surface area contributed by atoms with Crippen molar-refractivity contribution in [1.82, 2.24) is 10.2 Å². The molecule has 0 aromatic rings. The third kappa shape index (κ3) is 5.45. The molecular weight excluding hydrogens is 294 g/mol. The summed E-state index contributed by atoms with van der Waals surface area (Å²) in [4.78, 5) is 25.8. The number of amides is 2. The lowest BCUT2D eigenvalue weighted by molar-refractivity contribution is -0.134. The zero-order chi connectivity index (χ0) is 14.4. The van der Waals surface area contributed by atoms with Gasteiger partial charge in [0.05, 0.1) is 12.6 Å². The minimum absolute atomic E-state index is 0. The Labute approximate surface area is 132 Å². The summed E-state index contributed by atoms with van der Waals surface area (Å²) >= 11 is 0. The predicted octanol–water partition coefficient (Wildman–Crippen LogP) is 0.291. The summed E-state index contributed by atoms with van der Waals surface area (Å²) in [6, 6.07) is -0.534. The van der Waals surface area contributed by atoms with Crippen LogP contribution in [0.15, 0.2) is 0 Å². The van der Waals surface area contributed by atoms with E-state index in [2.05, 4.69) is 5.32 Å². The van der Waals surface area contributed by atoms with Crippen LogP contribution in [0.25, 0.3) is 0 Å². The van der Waals surface area contributed by atoms with Crippen LogP contribution in [0.2, 0.25) is 0 Å². The van der Waals surface area contributed by atoms with Gasteiger partial charge in [-0.3, -0.25) is 9.59 Å². The minimum Gasteiger partial charge on any atom is -0.381 e. The van der Waals surface area contributed by atoms with Crippen LogP contribution in [0.5, 0.6) is 0 Å². The summed E-state index contributed by atoms with van der Waals surface area (Å²) in [5.74, 6) is -0.0617. The van der Waals surface area contributed by atoms with Crippen molar-refractivity contribution < 1.29 is 14.3 Å². The number of nitrogens with one attached hydrogen (secondary N) is 1. The molecule has 7 heteroatoms. The molecule has 0 bridgehead atoms. The number of nitrogens with two attached hydrogens (primary N) is 1. The van der Waals surface area contributed by atoms with E-state index in [1.807, 2.05) is 4.90 Å². The molecule has 2 rings (SSSR count). The monoisotopic (exact) mass is 319 g/mol. The zero-order valence-corrected chi connectivity index (χ0v) is 13.2. The van der Waals surface area contributed by atoms with Crippen LogP contribution in [-0.2, 0) is 14.3 Å². The van der Waals surface area contributed by atoms with Crippen LogP contribution < -0.4 is 11.1 Å². The Balaban J connectivity index is 0.00000220. The molecule has 6 nitrogen and oxygen atoms in total. The van der Waals surface area contributed by atoms with Crippen molar-refractivity contribution >= 4 is 24.2 Å². The van der Waals surface area contributed by atoms with Crippen molar-refractivity contribution in [2.24, 2.45) is 11.7 Å². The van der Waals surface area contributed by atoms with Crippen LogP contribution in [0.3, 0.4) is 0 Å². The summed E-state index contributed by atoms with van der Waals surface area (Å²) in [5.41, 5.74) is 5.96. The van der Waals surface area contributed by atoms with Gasteiger partial charge in [-0.1, -0.05) is 0 Å². The summed E-state index contributed by atoms with van der Waals surface area (Å²) in [7, 11) is 0. The standard InChI is InChI=1S/C14H25N3O3.ClH/c15-13(11-4-8-20-9-5-11)14(19)16-10-12(18)17-6-2-1-3-7-17;/h11,13H,1-10,15H2,(H,16,19);1H. The Morgan fingerprint density at radius 3 is 2.43 bits per heavy atom. The lowest BCUT2D eigenvalue weighted by atomic mass is 9.92. The second kappa shape index (κ2) is 9.23. The number of hydrogen-bond donors (Lipinski definition) is 2. The molecule has 0 radical (unpaired) electrons. The van der Waals surface area contributed by atoms with Gasteiger partial charge >= 0.3 is 0 Å². The molecule has 2 fully saturated rings. The number of likely N-dealkylation sites (tertiary alicyclic amines) is 1. The Bertz CT molecular complexity index is 342. The molecule has 2 amide bonds. The van der Waals surface area contributed by atoms with E-state index in [-0.39, 0.29) is 36.7 Å². The molecule has 2 aliphatic heterocycles. The molecule has 122 valence electrons. The van der Waals surface area contributed by atoms with Gasteiger partial charge in [-0.2, -0.15) is 0 Å². The van der Waals surface area contributed by atoms with E-state index in [1.165, 1.54) is 6.42 Å². The Morgan fingerprint density at radius 1 is 1.19 bits per heavy atom. The van der Waals surface area contributed by atoms with Gasteiger partial charge in [0.15, 0.2) is 0 Å². The molecule has 0 spiro atoms. The Hall–Kier alpha value is -0.850. The topological polar surface area (TPSA) is 84.7 Å². The van der Waals surface area contributed by atoms with Gasteiger partial charge in [0.1, 0.15) is 0 Å². The van der Waals surface area contributed by atoms with Crippen molar-refractivity contribution in [2.75, 3.05) is 32.8 Å². The number of ether oxygens (including phenoxy) is 1. The molecule has 3 N–H and O–H groups in total. The van der Waals surface area contributed by atoms with Gasteiger partial charge in [-0.05, 0) is 38.0 Å². The van der Waals surface area contributed by atoms with Crippen molar-refractivity contribution in [3.05, 3.63) is 0 Å². The number of hydrogen-bond acceptors (Lipinski definition) is 4. The van der Waals surface area contributed by atoms with E-state index >= 15 is 0 Å². The van der Waals surface area contributed by atoms with Gasteiger partial charge in [0.25, 0.3) is 0 Å². The smallest absolute Gasteiger partial charge is 0.241 e. The van der Waals surface area contributed by atoms with Gasteiger partial charge in [-0.15, -0.1) is 12.4 Å². The quantitative estimate of drug-likeness (QED) is 0.780. The summed E-state index contributed by atoms with van der Waals surface area (Å²) < 4.78 is 5.26. The molecule has 0 aromatic carbocycles. The summed E-state index contributed by atoms with van der Waals surface area (Å²) in [6.45, 7) is 3.01. The van der Waals surface area contributed by atoms with E-state index < -0.39 is 6.04 Å². The van der Waals surface area contributed by atoms with Crippen LogP contribution in [0.4, 0.5) is 0 Å². The van der Waals surface area contributed by atoms with Crippen LogP contribution in [0.1, 0.15) is 32.1 Å². The number of carbonyl (C=O) groups excluding carboxylic acids is 2. The highest BCUT2D eigenvalue weighted by Crippen LogP contribution is 2.17. The van der Waals surface area contributed by atoms with Crippen LogP contribution >= 0.6 is 12.4 Å². The van der Waals surface area contributed by atoms with Crippen molar-refractivity contribution in [3.63, 3.8) is 0 Å². The second-order valence-corrected chi connectivity index (χ2v) is 5.63. The maximum atomic E-state index is 12.0. The van der Waals surface area contributed by atoms with E-state index in [9.17, 15) is 9.59 Å². The van der Waals surface area contributed by atoms with Gasteiger partial charge in [-0.25, -0.2) is 0 Å². The lowest BCUT2D eigenvalue weighted by Gasteiger charge is -2.28. The van der Waals surface area contributed by atoms with E-state index in [0.29, 0.717) is 13.2 Å². The average molecular weight is 320 g/mol. The fourth-order valence-corrected chi connectivity index (χ4v) is 2.82. The van der Waals surface area contributed by atoms with Crippen molar-refractivity contribution in [3.8, 4) is 0 Å². The largest absolute Gasteiger partial charge is 0.381 e. The average Bonchev–Trinajstić information content (AvgIpc) is 2.53. The van der Waals surface area contributed by atoms with Crippen LogP contribution in [-0.4, -0.2) is 55.6 Å². The molecule has 21 heavy (non-hydrogen) atoms. The molecule has 1 atom stereocenters. The number of rotatable bonds is 4. The van der Waals surface area contributed by atoms with Gasteiger partial charge in [0.2, 0.25) is 11.8 Å². The van der Waals surface area contributed by atoms with Crippen molar-refractivity contribution in [1.29, 1.82) is 0 Å². The summed E-state index contributed by atoms with van der Waals surface area (Å²) in [6.07, 6.45) is 4.93. The van der Waals surface area contributed by atoms with E-state index in [4.69, 9.17) is 10.5 Å². The molecule has 2 saturated heterocycles. The number of nitrogens with zero attached hydrogens (tertiary/aromatic N) is 1. The van der Waals surface area contributed by atoms with Gasteiger partial charge in [0, 0.05) is 26.3 Å². The fraction of sp³-hybridized carbons (Fsp3) is 0.857. The maximum Gasteiger partial charge on any atom is 0.241 e. The predicted molar refractivity (Wildman–Crippen MR) is 82.2 cm³/mol. The first-order valence-electron chi connectivity index (χ1n) is 7.57. The van der Waals surface area contributed by atoms with Gasteiger partial charge < -0.3 is 20.7 Å². The molecule has 2 heterocycles. The Morgan fingerprint density at radius 2 is 1.81 bits per heavy atom. The normalized spacial score (nSPS) is 21.3. The third-order valence-electron chi connectivity index (χ3n) is 4.20. The zero-order valence-electron chi connectivity index (χ0n) is 12.4. The first-order chi connectivity index (χ1) is 9.68. The second-order valence-electron chi connectivity index (χ2n) is 5.63. The summed E-state index contributed by atoms with van der Waals surface area (Å²) in [5, 5.41) is 2.68. The Kier molecular flexibility index (Phi) is 8.00. The molecule has 1 unspecified atom stereocenters. The highest BCUT2D eigenvalue weighted by atomic mass is 35.5. The fourth-order valence-electron chi connectivity index (χ4n) is 2.82. The molecule has 0 aliphatic carbocycles. The minimum atomic E-state index is -0.534. The maximum absolute atomic E-state index is 12.0. The highest BCUT2D eigenvalue weighted by molar-refractivity contribution is 5.87. The number of piperidine rings is 1. The molecule has 0 aromatic heterocycles. The number of carbonyl (C=O) groups is 2. The SMILES string of the molecule is Cl.NC(C(=O)NCC(=O)N1CCCCC1)C1CCOCC1. The first-order valence-corrected chi connectivity index (χ1v) is 7.57.